The lowest BCUT2D eigenvalue weighted by molar-refractivity contribution is -0.0799. The van der Waals surface area contributed by atoms with Gasteiger partial charge in [0.15, 0.2) is 0 Å². The minimum atomic E-state index is -1.02. The highest BCUT2D eigenvalue weighted by molar-refractivity contribution is 5.91. The fourth-order valence-electron chi connectivity index (χ4n) is 1.37. The first-order valence-electron chi connectivity index (χ1n) is 4.86. The van der Waals surface area contributed by atoms with Gasteiger partial charge in [-0.25, -0.2) is 4.79 Å². The normalized spacial score (nSPS) is 15.3. The van der Waals surface area contributed by atoms with Gasteiger partial charge < -0.3 is 19.3 Å². The van der Waals surface area contributed by atoms with Crippen molar-refractivity contribution in [3.8, 4) is 11.5 Å². The van der Waals surface area contributed by atoms with Gasteiger partial charge >= 0.3 is 5.97 Å². The lowest BCUT2D eigenvalue weighted by Gasteiger charge is -2.27. The molecule has 1 saturated heterocycles. The zero-order valence-electron chi connectivity index (χ0n) is 8.80. The summed E-state index contributed by atoms with van der Waals surface area (Å²) in [5.74, 6) is -0.127. The predicted molar refractivity (Wildman–Crippen MR) is 55.2 cm³/mol. The lowest BCUT2D eigenvalue weighted by atomic mass is 10.2. The molecule has 0 unspecified atom stereocenters. The molecule has 0 spiro atoms. The van der Waals surface area contributed by atoms with Gasteiger partial charge in [-0.2, -0.15) is 0 Å². The molecule has 1 aliphatic rings. The van der Waals surface area contributed by atoms with E-state index in [0.717, 1.165) is 0 Å². The Bertz CT molecular complexity index is 397. The zero-order chi connectivity index (χ0) is 11.5. The molecule has 0 aliphatic carbocycles. The number of benzene rings is 1. The Morgan fingerprint density at radius 2 is 2.25 bits per heavy atom. The van der Waals surface area contributed by atoms with Crippen LogP contribution in [-0.2, 0) is 4.74 Å². The molecule has 86 valence electrons. The summed E-state index contributed by atoms with van der Waals surface area (Å²) in [6, 6.07) is 4.63. The molecule has 0 atom stereocenters. The van der Waals surface area contributed by atoms with E-state index in [4.69, 9.17) is 19.3 Å². The number of rotatable bonds is 4. The summed E-state index contributed by atoms with van der Waals surface area (Å²) in [6.07, 6.45) is -0.0646. The number of carboxylic acids is 1. The van der Waals surface area contributed by atoms with Crippen molar-refractivity contribution in [2.45, 2.75) is 6.10 Å². The molecular weight excluding hydrogens is 212 g/mol. The molecule has 0 radical (unpaired) electrons. The molecule has 1 aliphatic heterocycles. The van der Waals surface area contributed by atoms with Gasteiger partial charge in [-0.05, 0) is 12.1 Å². The van der Waals surface area contributed by atoms with E-state index in [9.17, 15) is 4.79 Å². The Labute approximate surface area is 92.5 Å². The molecule has 0 saturated carbocycles. The lowest BCUT2D eigenvalue weighted by Crippen LogP contribution is -2.38. The summed E-state index contributed by atoms with van der Waals surface area (Å²) in [4.78, 5) is 11.0. The van der Waals surface area contributed by atoms with Crippen LogP contribution in [0.1, 0.15) is 10.4 Å². The molecule has 5 nitrogen and oxygen atoms in total. The van der Waals surface area contributed by atoms with Crippen molar-refractivity contribution in [2.75, 3.05) is 20.3 Å². The summed E-state index contributed by atoms with van der Waals surface area (Å²) in [6.45, 7) is 0.993. The first-order valence-corrected chi connectivity index (χ1v) is 4.86. The van der Waals surface area contributed by atoms with E-state index in [1.807, 2.05) is 0 Å². The van der Waals surface area contributed by atoms with Crippen LogP contribution in [0, 0.1) is 0 Å². The predicted octanol–water partition coefficient (Wildman–Crippen LogP) is 1.17. The summed E-state index contributed by atoms with van der Waals surface area (Å²) in [7, 11) is 1.52. The number of methoxy groups -OCH3 is 1. The average Bonchev–Trinajstić information content (AvgIpc) is 2.22. The molecule has 5 heteroatoms. The Morgan fingerprint density at radius 3 is 2.75 bits per heavy atom. The quantitative estimate of drug-likeness (QED) is 0.831. The fraction of sp³-hybridized carbons (Fsp3) is 0.364. The third-order valence-corrected chi connectivity index (χ3v) is 2.32. The topological polar surface area (TPSA) is 65.0 Å². The highest BCUT2D eigenvalue weighted by atomic mass is 16.6. The Kier molecular flexibility index (Phi) is 2.96. The summed E-state index contributed by atoms with van der Waals surface area (Å²) >= 11 is 0. The van der Waals surface area contributed by atoms with Crippen LogP contribution in [0.4, 0.5) is 0 Å². The largest absolute Gasteiger partial charge is 0.497 e. The smallest absolute Gasteiger partial charge is 0.339 e. The number of carboxylic acid groups (broad SMARTS) is 1. The van der Waals surface area contributed by atoms with Crippen molar-refractivity contribution in [1.29, 1.82) is 0 Å². The summed E-state index contributed by atoms with van der Waals surface area (Å²) in [5, 5.41) is 8.98. The van der Waals surface area contributed by atoms with Crippen LogP contribution in [0.15, 0.2) is 18.2 Å². The molecule has 1 aromatic carbocycles. The third-order valence-electron chi connectivity index (χ3n) is 2.32. The minimum Gasteiger partial charge on any atom is -0.497 e. The number of hydrogen-bond donors (Lipinski definition) is 1. The van der Waals surface area contributed by atoms with E-state index in [1.165, 1.54) is 13.2 Å². The molecule has 1 aromatic rings. The van der Waals surface area contributed by atoms with E-state index in [2.05, 4.69) is 0 Å². The maximum absolute atomic E-state index is 11.0. The van der Waals surface area contributed by atoms with Crippen molar-refractivity contribution in [1.82, 2.24) is 0 Å². The van der Waals surface area contributed by atoms with Gasteiger partial charge in [0.25, 0.3) is 0 Å². The standard InChI is InChI=1S/C11H12O5/c1-14-7-2-3-9(11(12)13)10(4-7)16-8-5-15-6-8/h2-4,8H,5-6H2,1H3,(H,12,13). The van der Waals surface area contributed by atoms with E-state index in [1.54, 1.807) is 12.1 Å². The second-order valence-electron chi connectivity index (χ2n) is 3.44. The van der Waals surface area contributed by atoms with Crippen molar-refractivity contribution in [2.24, 2.45) is 0 Å². The molecule has 0 aromatic heterocycles. The molecular formula is C11H12O5. The third kappa shape index (κ3) is 2.09. The Morgan fingerprint density at radius 1 is 1.50 bits per heavy atom. The molecule has 0 amide bonds. The summed E-state index contributed by atoms with van der Waals surface area (Å²) in [5.41, 5.74) is 0.132. The molecule has 1 fully saturated rings. The minimum absolute atomic E-state index is 0.0646. The highest BCUT2D eigenvalue weighted by Gasteiger charge is 2.23. The number of ether oxygens (including phenoxy) is 3. The zero-order valence-corrected chi connectivity index (χ0v) is 8.80. The summed E-state index contributed by atoms with van der Waals surface area (Å²) < 4.78 is 15.5. The SMILES string of the molecule is COc1ccc(C(=O)O)c(OC2COC2)c1. The number of aromatic carboxylic acids is 1. The maximum atomic E-state index is 11.0. The van der Waals surface area contributed by atoms with Crippen LogP contribution in [0.2, 0.25) is 0 Å². The van der Waals surface area contributed by atoms with E-state index >= 15 is 0 Å². The molecule has 0 bridgehead atoms. The maximum Gasteiger partial charge on any atom is 0.339 e. The van der Waals surface area contributed by atoms with Crippen LogP contribution in [0.3, 0.4) is 0 Å². The Hall–Kier alpha value is -1.75. The second-order valence-corrected chi connectivity index (χ2v) is 3.44. The van der Waals surface area contributed by atoms with Gasteiger partial charge in [0.1, 0.15) is 23.2 Å². The van der Waals surface area contributed by atoms with E-state index in [-0.39, 0.29) is 11.7 Å². The number of hydrogen-bond acceptors (Lipinski definition) is 4. The van der Waals surface area contributed by atoms with Gasteiger partial charge in [0.2, 0.25) is 0 Å². The Balaban J connectivity index is 2.25. The van der Waals surface area contributed by atoms with Crippen LogP contribution in [0.25, 0.3) is 0 Å². The van der Waals surface area contributed by atoms with Crippen LogP contribution >= 0.6 is 0 Å². The van der Waals surface area contributed by atoms with Gasteiger partial charge in [0, 0.05) is 6.07 Å². The molecule has 16 heavy (non-hydrogen) atoms. The first kappa shape index (κ1) is 10.8. The fourth-order valence-corrected chi connectivity index (χ4v) is 1.37. The van der Waals surface area contributed by atoms with Crippen LogP contribution < -0.4 is 9.47 Å². The average molecular weight is 224 g/mol. The van der Waals surface area contributed by atoms with Gasteiger partial charge in [-0.1, -0.05) is 0 Å². The monoisotopic (exact) mass is 224 g/mol. The van der Waals surface area contributed by atoms with Crippen molar-refractivity contribution in [3.05, 3.63) is 23.8 Å². The number of carbonyl (C=O) groups is 1. The van der Waals surface area contributed by atoms with Gasteiger partial charge in [-0.3, -0.25) is 0 Å². The van der Waals surface area contributed by atoms with Crippen LogP contribution in [-0.4, -0.2) is 37.5 Å². The highest BCUT2D eigenvalue weighted by Crippen LogP contribution is 2.26. The second kappa shape index (κ2) is 4.40. The molecule has 1 N–H and O–H groups in total. The van der Waals surface area contributed by atoms with Crippen molar-refractivity contribution in [3.63, 3.8) is 0 Å². The molecule has 2 rings (SSSR count). The van der Waals surface area contributed by atoms with E-state index < -0.39 is 5.97 Å². The van der Waals surface area contributed by atoms with Crippen LogP contribution in [0.5, 0.6) is 11.5 Å². The molecule has 1 heterocycles. The van der Waals surface area contributed by atoms with Gasteiger partial charge in [-0.15, -0.1) is 0 Å². The van der Waals surface area contributed by atoms with Gasteiger partial charge in [0.05, 0.1) is 20.3 Å². The first-order chi connectivity index (χ1) is 7.70. The van der Waals surface area contributed by atoms with E-state index in [0.29, 0.717) is 24.7 Å². The van der Waals surface area contributed by atoms with Crippen molar-refractivity contribution >= 4 is 5.97 Å². The van der Waals surface area contributed by atoms with Crippen molar-refractivity contribution < 1.29 is 24.1 Å².